The molecule has 0 radical (unpaired) electrons. The molecule has 0 bridgehead atoms. The number of hydrogen-bond donors (Lipinski definition) is 0. The van der Waals surface area contributed by atoms with E-state index in [2.05, 4.69) is 84.8 Å². The van der Waals surface area contributed by atoms with E-state index in [0.29, 0.717) is 6.10 Å². The summed E-state index contributed by atoms with van der Waals surface area (Å²) in [6.07, 6.45) is 22.1. The summed E-state index contributed by atoms with van der Waals surface area (Å²) in [5, 5.41) is 0. The lowest BCUT2D eigenvalue weighted by Crippen LogP contribution is -2.12. The fraction of sp³-hybridized carbons (Fsp3) is 0.724. The molecular weight excluding hydrogens is 378 g/mol. The van der Waals surface area contributed by atoms with E-state index >= 15 is 0 Å². The number of ether oxygens (including phenoxy) is 1. The van der Waals surface area contributed by atoms with Gasteiger partial charge in [0.2, 0.25) is 0 Å². The molecule has 0 amide bonds. The van der Waals surface area contributed by atoms with Crippen molar-refractivity contribution in [3.05, 3.63) is 46.6 Å². The Morgan fingerprint density at radius 1 is 0.710 bits per heavy atom. The van der Waals surface area contributed by atoms with E-state index < -0.39 is 0 Å². The second kappa shape index (κ2) is 14.9. The van der Waals surface area contributed by atoms with Crippen molar-refractivity contribution in [2.75, 3.05) is 20.6 Å². The maximum Gasteiger partial charge on any atom is 0.0892 e. The van der Waals surface area contributed by atoms with E-state index in [1.807, 2.05) is 0 Å². The van der Waals surface area contributed by atoms with Gasteiger partial charge in [-0.3, -0.25) is 0 Å². The van der Waals surface area contributed by atoms with Crippen LogP contribution in [-0.2, 0) is 4.74 Å². The molecule has 0 saturated carbocycles. The Labute approximate surface area is 194 Å². The minimum absolute atomic E-state index is 0.133. The Balaban J connectivity index is 2.14. The molecule has 1 rings (SSSR count). The summed E-state index contributed by atoms with van der Waals surface area (Å²) in [7, 11) is 4.30. The second-order valence-corrected chi connectivity index (χ2v) is 10.5. The molecule has 31 heavy (non-hydrogen) atoms. The minimum atomic E-state index is 0.133. The first-order valence-corrected chi connectivity index (χ1v) is 12.5. The molecule has 1 heterocycles. The first-order valence-electron chi connectivity index (χ1n) is 12.5. The summed E-state index contributed by atoms with van der Waals surface area (Å²) in [4.78, 5) is 2.26. The van der Waals surface area contributed by atoms with Gasteiger partial charge in [0.25, 0.3) is 0 Å². The summed E-state index contributed by atoms with van der Waals surface area (Å²) in [5.74, 6) is 0. The van der Waals surface area contributed by atoms with Crippen molar-refractivity contribution in [2.45, 2.75) is 117 Å². The van der Waals surface area contributed by atoms with Gasteiger partial charge in [-0.05, 0) is 126 Å². The quantitative estimate of drug-likeness (QED) is 0.139. The fourth-order valence-electron chi connectivity index (χ4n) is 3.93. The first kappa shape index (κ1) is 27.9. The highest BCUT2D eigenvalue weighted by molar-refractivity contribution is 5.07. The largest absolute Gasteiger partial charge is 0.367 e. The highest BCUT2D eigenvalue weighted by Crippen LogP contribution is 2.38. The van der Waals surface area contributed by atoms with Crippen LogP contribution in [-0.4, -0.2) is 37.2 Å². The zero-order valence-corrected chi connectivity index (χ0v) is 22.0. The molecule has 0 aliphatic carbocycles. The van der Waals surface area contributed by atoms with E-state index in [1.54, 1.807) is 5.57 Å². The average Bonchev–Trinajstić information content (AvgIpc) is 3.30. The van der Waals surface area contributed by atoms with Gasteiger partial charge in [0.15, 0.2) is 0 Å². The minimum Gasteiger partial charge on any atom is -0.367 e. The molecule has 0 aromatic carbocycles. The van der Waals surface area contributed by atoms with Crippen molar-refractivity contribution >= 4 is 0 Å². The number of unbranched alkanes of at least 4 members (excludes halogenated alkanes) is 1. The zero-order chi connectivity index (χ0) is 23.3. The molecule has 1 fully saturated rings. The third-order valence-electron chi connectivity index (χ3n) is 6.36. The normalized spacial score (nSPS) is 20.0. The van der Waals surface area contributed by atoms with E-state index in [0.717, 1.165) is 6.42 Å². The highest BCUT2D eigenvalue weighted by Gasteiger charge is 2.46. The molecule has 0 spiro atoms. The van der Waals surface area contributed by atoms with Crippen molar-refractivity contribution in [3.8, 4) is 0 Å². The van der Waals surface area contributed by atoms with Gasteiger partial charge in [-0.1, -0.05) is 46.6 Å². The van der Waals surface area contributed by atoms with Gasteiger partial charge in [-0.25, -0.2) is 0 Å². The van der Waals surface area contributed by atoms with E-state index in [9.17, 15) is 0 Å². The van der Waals surface area contributed by atoms with Crippen molar-refractivity contribution in [2.24, 2.45) is 0 Å². The van der Waals surface area contributed by atoms with Crippen LogP contribution in [0.4, 0.5) is 0 Å². The van der Waals surface area contributed by atoms with Crippen molar-refractivity contribution in [1.29, 1.82) is 0 Å². The second-order valence-electron chi connectivity index (χ2n) is 10.5. The number of allylic oxidation sites excluding steroid dienone is 8. The Bertz CT molecular complexity index is 633. The van der Waals surface area contributed by atoms with Crippen LogP contribution < -0.4 is 0 Å². The van der Waals surface area contributed by atoms with Gasteiger partial charge in [-0.15, -0.1) is 0 Å². The lowest BCUT2D eigenvalue weighted by molar-refractivity contribution is 0.320. The summed E-state index contributed by atoms with van der Waals surface area (Å²) in [6.45, 7) is 14.7. The van der Waals surface area contributed by atoms with Gasteiger partial charge in [-0.2, -0.15) is 0 Å². The molecule has 1 unspecified atom stereocenters. The van der Waals surface area contributed by atoms with Crippen LogP contribution in [0, 0.1) is 0 Å². The topological polar surface area (TPSA) is 15.8 Å². The molecule has 2 nitrogen and oxygen atoms in total. The van der Waals surface area contributed by atoms with Gasteiger partial charge < -0.3 is 9.64 Å². The Kier molecular flexibility index (Phi) is 13.4. The van der Waals surface area contributed by atoms with Crippen LogP contribution >= 0.6 is 0 Å². The van der Waals surface area contributed by atoms with Gasteiger partial charge in [0.1, 0.15) is 0 Å². The average molecular weight is 430 g/mol. The Morgan fingerprint density at radius 2 is 1.13 bits per heavy atom. The molecule has 178 valence electrons. The van der Waals surface area contributed by atoms with Crippen LogP contribution in [0.3, 0.4) is 0 Å². The van der Waals surface area contributed by atoms with Crippen LogP contribution in [0.1, 0.15) is 106 Å². The molecule has 2 heteroatoms. The van der Waals surface area contributed by atoms with Gasteiger partial charge in [0, 0.05) is 0 Å². The van der Waals surface area contributed by atoms with Crippen molar-refractivity contribution in [1.82, 2.24) is 4.90 Å². The molecular formula is C29H51NO. The predicted octanol–water partition coefficient (Wildman–Crippen LogP) is 8.41. The number of hydrogen-bond acceptors (Lipinski definition) is 2. The summed E-state index contributed by atoms with van der Waals surface area (Å²) in [6, 6.07) is 0. The smallest absolute Gasteiger partial charge is 0.0892 e. The van der Waals surface area contributed by atoms with Crippen LogP contribution in [0.15, 0.2) is 46.6 Å². The first-order chi connectivity index (χ1) is 14.6. The van der Waals surface area contributed by atoms with Gasteiger partial charge >= 0.3 is 0 Å². The maximum atomic E-state index is 5.68. The van der Waals surface area contributed by atoms with Crippen LogP contribution in [0.5, 0.6) is 0 Å². The molecule has 0 aromatic rings. The number of rotatable bonds is 16. The van der Waals surface area contributed by atoms with E-state index in [-0.39, 0.29) is 5.60 Å². The lowest BCUT2D eigenvalue weighted by Gasteiger charge is -2.09. The maximum absolute atomic E-state index is 5.68. The molecule has 1 saturated heterocycles. The van der Waals surface area contributed by atoms with Crippen molar-refractivity contribution in [3.63, 3.8) is 0 Å². The highest BCUT2D eigenvalue weighted by atomic mass is 16.6. The van der Waals surface area contributed by atoms with Crippen LogP contribution in [0.2, 0.25) is 0 Å². The summed E-state index contributed by atoms with van der Waals surface area (Å²) < 4.78 is 5.68. The summed E-state index contributed by atoms with van der Waals surface area (Å²) in [5.41, 5.74) is 6.25. The third-order valence-corrected chi connectivity index (χ3v) is 6.36. The fourth-order valence-corrected chi connectivity index (χ4v) is 3.93. The standard InChI is InChI=1S/C29H51NO/c1-24(16-11-18-26(3)20-13-23-30(7)8)14-9-10-15-25(2)17-12-19-27(4)21-22-28-29(5,6)31-28/h14-15,18-19,28H,9-13,16-17,20-23H2,1-8H3/b24-14+,25-15?,26-18?,27-19+. The molecule has 0 N–H and O–H groups in total. The van der Waals surface area contributed by atoms with E-state index in [4.69, 9.17) is 4.74 Å². The predicted molar refractivity (Wildman–Crippen MR) is 139 cm³/mol. The van der Waals surface area contributed by atoms with Crippen molar-refractivity contribution < 1.29 is 4.74 Å². The van der Waals surface area contributed by atoms with E-state index in [1.165, 1.54) is 81.1 Å². The molecule has 0 aromatic heterocycles. The number of nitrogens with zero attached hydrogens (tertiary/aromatic N) is 1. The van der Waals surface area contributed by atoms with Gasteiger partial charge in [0.05, 0.1) is 11.7 Å². The SMILES string of the molecule is CC(=CCC/C=C(\C)CCC=C(C)CCCN(C)C)CC/C=C(\C)CCC1OC1(C)C. The summed E-state index contributed by atoms with van der Waals surface area (Å²) >= 11 is 0. The van der Waals surface area contributed by atoms with Crippen LogP contribution in [0.25, 0.3) is 0 Å². The Morgan fingerprint density at radius 3 is 1.58 bits per heavy atom. The molecule has 1 aliphatic rings. The zero-order valence-electron chi connectivity index (χ0n) is 22.0. The Hall–Kier alpha value is -1.12. The lowest BCUT2D eigenvalue weighted by atomic mass is 10.0. The third kappa shape index (κ3) is 14.5. The molecule has 1 aliphatic heterocycles. The monoisotopic (exact) mass is 429 g/mol. The number of epoxide rings is 1. The molecule has 1 atom stereocenters.